The average Bonchev–Trinajstić information content (AvgIpc) is 3.63. The molecule has 3 fully saturated rings. The molecule has 3 N–H and O–H groups in total. The Bertz CT molecular complexity index is 1570. The fourth-order valence-electron chi connectivity index (χ4n) is 7.26. The Hall–Kier alpha value is -4.13. The molecule has 3 heterocycles. The first-order chi connectivity index (χ1) is 22.9. The second-order valence-corrected chi connectivity index (χ2v) is 13.0. The van der Waals surface area contributed by atoms with Crippen molar-refractivity contribution in [2.75, 3.05) is 25.0 Å². The molecule has 1 aliphatic carbocycles. The maximum atomic E-state index is 14.3. The number of tetrazole rings is 1. The fraction of sp³-hybridized carbons (Fsp3) is 0.471. The van der Waals surface area contributed by atoms with Gasteiger partial charge >= 0.3 is 5.97 Å². The van der Waals surface area contributed by atoms with Gasteiger partial charge in [-0.3, -0.25) is 9.59 Å². The topological polar surface area (TPSA) is 152 Å². The van der Waals surface area contributed by atoms with Gasteiger partial charge in [0.05, 0.1) is 23.5 Å². The number of amides is 2. The van der Waals surface area contributed by atoms with Gasteiger partial charge in [0.15, 0.2) is 0 Å². The van der Waals surface area contributed by atoms with Crippen LogP contribution in [0.1, 0.15) is 67.3 Å². The highest BCUT2D eigenvalue weighted by Gasteiger charge is 2.46. The Labute approximate surface area is 278 Å². The van der Waals surface area contributed by atoms with Gasteiger partial charge in [0.25, 0.3) is 0 Å². The van der Waals surface area contributed by atoms with E-state index in [1.54, 1.807) is 41.3 Å². The lowest BCUT2D eigenvalue weighted by atomic mass is 9.71. The number of nitrogens with zero attached hydrogens (tertiary/aromatic N) is 5. The number of hydrogen-bond donors (Lipinski definition) is 3. The van der Waals surface area contributed by atoms with Crippen LogP contribution in [0.2, 0.25) is 5.02 Å². The van der Waals surface area contributed by atoms with Gasteiger partial charge in [-0.1, -0.05) is 43.7 Å². The third-order valence-corrected chi connectivity index (χ3v) is 9.78. The number of piperidine rings is 2. The summed E-state index contributed by atoms with van der Waals surface area (Å²) in [7, 11) is 0. The zero-order valence-electron chi connectivity index (χ0n) is 26.1. The number of hydrogen-bond acceptors (Lipinski definition) is 8. The maximum absolute atomic E-state index is 14.3. The molecule has 6 rings (SSSR count). The van der Waals surface area contributed by atoms with E-state index in [9.17, 15) is 19.5 Å². The van der Waals surface area contributed by atoms with E-state index in [2.05, 4.69) is 26.2 Å². The van der Waals surface area contributed by atoms with Crippen molar-refractivity contribution in [3.8, 4) is 5.69 Å². The number of aromatic carboxylic acids is 1. The van der Waals surface area contributed by atoms with Crippen molar-refractivity contribution in [2.24, 2.45) is 11.8 Å². The third-order valence-electron chi connectivity index (χ3n) is 9.55. The van der Waals surface area contributed by atoms with Crippen LogP contribution in [-0.2, 0) is 14.3 Å². The number of likely N-dealkylation sites (tertiary alicyclic amines) is 1. The molecule has 2 saturated heterocycles. The molecule has 2 aromatic carbocycles. The molecule has 3 atom stereocenters. The van der Waals surface area contributed by atoms with E-state index in [1.807, 2.05) is 0 Å². The van der Waals surface area contributed by atoms with Crippen LogP contribution in [0.3, 0.4) is 0 Å². The minimum absolute atomic E-state index is 0.101. The fourth-order valence-corrected chi connectivity index (χ4v) is 7.44. The van der Waals surface area contributed by atoms with Crippen LogP contribution in [0.4, 0.5) is 5.69 Å². The summed E-state index contributed by atoms with van der Waals surface area (Å²) >= 11 is 6.33. The summed E-state index contributed by atoms with van der Waals surface area (Å²) in [6.45, 7) is 2.06. The largest absolute Gasteiger partial charge is 0.478 e. The zero-order chi connectivity index (χ0) is 32.8. The predicted octanol–water partition coefficient (Wildman–Crippen LogP) is 4.60. The summed E-state index contributed by atoms with van der Waals surface area (Å²) in [5.41, 5.74) is 1.89. The second kappa shape index (κ2) is 15.2. The zero-order valence-corrected chi connectivity index (χ0v) is 26.9. The lowest BCUT2D eigenvalue weighted by Gasteiger charge is -2.47. The number of carbonyl (C=O) groups is 3. The first-order valence-corrected chi connectivity index (χ1v) is 16.8. The van der Waals surface area contributed by atoms with E-state index in [4.69, 9.17) is 16.3 Å². The summed E-state index contributed by atoms with van der Waals surface area (Å²) in [5, 5.41) is 27.6. The number of halogens is 1. The minimum Gasteiger partial charge on any atom is -0.478 e. The van der Waals surface area contributed by atoms with Gasteiger partial charge < -0.3 is 25.4 Å². The Balaban J connectivity index is 1.32. The SMILES string of the molecule is O=C(O)c1ccc(NC(=O)[C@@H]2[C@H](C3CCCCC3)C[C@H](OC3CCNCC3)CN2C(=O)/C=C/c2cc(Cl)ccc2-n2cnnn2)cc1. The van der Waals surface area contributed by atoms with Crippen LogP contribution in [0, 0.1) is 11.8 Å². The number of nitrogens with one attached hydrogen (secondary N) is 2. The van der Waals surface area contributed by atoms with Crippen molar-refractivity contribution in [3.63, 3.8) is 0 Å². The van der Waals surface area contributed by atoms with Gasteiger partial charge in [-0.15, -0.1) is 5.10 Å². The summed E-state index contributed by atoms with van der Waals surface area (Å²) in [6, 6.07) is 10.6. The van der Waals surface area contributed by atoms with E-state index in [-0.39, 0.29) is 48.0 Å². The summed E-state index contributed by atoms with van der Waals surface area (Å²) in [4.78, 5) is 41.6. The molecule has 3 aliphatic rings. The highest BCUT2D eigenvalue weighted by molar-refractivity contribution is 6.30. The average molecular weight is 662 g/mol. The summed E-state index contributed by atoms with van der Waals surface area (Å²) in [6.07, 6.45) is 12.4. The van der Waals surface area contributed by atoms with Crippen molar-refractivity contribution in [2.45, 2.75) is 69.6 Å². The Morgan fingerprint density at radius 3 is 2.47 bits per heavy atom. The van der Waals surface area contributed by atoms with Gasteiger partial charge in [-0.2, -0.15) is 4.68 Å². The quantitative estimate of drug-likeness (QED) is 0.280. The van der Waals surface area contributed by atoms with Gasteiger partial charge in [0.1, 0.15) is 12.4 Å². The van der Waals surface area contributed by atoms with Gasteiger partial charge in [-0.05, 0) is 103 Å². The highest BCUT2D eigenvalue weighted by atomic mass is 35.5. The number of aromatic nitrogens is 4. The van der Waals surface area contributed by atoms with Gasteiger partial charge in [0.2, 0.25) is 11.8 Å². The summed E-state index contributed by atoms with van der Waals surface area (Å²) in [5.74, 6) is -1.48. The number of anilines is 1. The first kappa shape index (κ1) is 32.8. The van der Waals surface area contributed by atoms with Crippen LogP contribution in [0.15, 0.2) is 54.9 Å². The van der Waals surface area contributed by atoms with Gasteiger partial charge in [0, 0.05) is 28.9 Å². The van der Waals surface area contributed by atoms with Gasteiger partial charge in [-0.25, -0.2) is 4.79 Å². The molecule has 3 aromatic rings. The lowest BCUT2D eigenvalue weighted by Crippen LogP contribution is -2.60. The van der Waals surface area contributed by atoms with Crippen molar-refractivity contribution in [1.29, 1.82) is 0 Å². The molecule has 0 spiro atoms. The van der Waals surface area contributed by atoms with Crippen molar-refractivity contribution in [3.05, 3.63) is 71.0 Å². The molecule has 0 radical (unpaired) electrons. The molecule has 0 unspecified atom stereocenters. The van der Waals surface area contributed by atoms with E-state index < -0.39 is 12.0 Å². The van der Waals surface area contributed by atoms with Crippen LogP contribution >= 0.6 is 11.6 Å². The molecule has 248 valence electrons. The number of ether oxygens (including phenoxy) is 1. The van der Waals surface area contributed by atoms with Crippen LogP contribution in [-0.4, -0.2) is 85.9 Å². The van der Waals surface area contributed by atoms with E-state index in [0.717, 1.165) is 51.6 Å². The number of carboxylic acid groups (broad SMARTS) is 1. The monoisotopic (exact) mass is 661 g/mol. The van der Waals surface area contributed by atoms with E-state index in [1.165, 1.54) is 35.6 Å². The Morgan fingerprint density at radius 1 is 1.00 bits per heavy atom. The standard InChI is InChI=1S/C34H40ClN7O5/c35-25-9-12-30(42-21-37-39-40-42)24(18-25)8-13-31(43)41-20-28(47-27-14-16-36-17-15-27)19-29(22-4-2-1-3-5-22)32(41)33(44)38-26-10-6-23(7-11-26)34(45)46/h6-13,18,21-22,27-29,32,36H,1-5,14-17,19-20H2,(H,38,44)(H,45,46)/b13-8+/t28-,29-,32-/m0/s1. The molecular weight excluding hydrogens is 622 g/mol. The molecule has 2 aliphatic heterocycles. The summed E-state index contributed by atoms with van der Waals surface area (Å²) < 4.78 is 8.17. The third kappa shape index (κ3) is 8.06. The van der Waals surface area contributed by atoms with Crippen LogP contribution < -0.4 is 10.6 Å². The van der Waals surface area contributed by atoms with Crippen molar-refractivity contribution >= 4 is 41.1 Å². The lowest BCUT2D eigenvalue weighted by molar-refractivity contribution is -0.151. The van der Waals surface area contributed by atoms with Crippen molar-refractivity contribution in [1.82, 2.24) is 30.4 Å². The molecule has 47 heavy (non-hydrogen) atoms. The second-order valence-electron chi connectivity index (χ2n) is 12.6. The molecule has 12 nitrogen and oxygen atoms in total. The number of carboxylic acids is 1. The molecule has 2 amide bonds. The smallest absolute Gasteiger partial charge is 0.335 e. The minimum atomic E-state index is -1.04. The molecule has 1 aromatic heterocycles. The molecular formula is C34H40ClN7O5. The molecule has 1 saturated carbocycles. The van der Waals surface area contributed by atoms with Crippen molar-refractivity contribution < 1.29 is 24.2 Å². The normalized spacial score (nSPS) is 22.7. The predicted molar refractivity (Wildman–Crippen MR) is 176 cm³/mol. The molecule has 0 bridgehead atoms. The highest BCUT2D eigenvalue weighted by Crippen LogP contribution is 2.40. The number of rotatable bonds is 9. The first-order valence-electron chi connectivity index (χ1n) is 16.4. The molecule has 13 heteroatoms. The Morgan fingerprint density at radius 2 is 1.77 bits per heavy atom. The van der Waals surface area contributed by atoms with E-state index >= 15 is 0 Å². The Kier molecular flexibility index (Phi) is 10.6. The number of benzene rings is 2. The maximum Gasteiger partial charge on any atom is 0.335 e. The van der Waals surface area contributed by atoms with Crippen LogP contribution in [0.25, 0.3) is 11.8 Å². The van der Waals surface area contributed by atoms with E-state index in [0.29, 0.717) is 28.4 Å². The number of carbonyl (C=O) groups excluding carboxylic acids is 2. The van der Waals surface area contributed by atoms with Crippen LogP contribution in [0.5, 0.6) is 0 Å².